The lowest BCUT2D eigenvalue weighted by Crippen LogP contribution is -2.30. The van der Waals surface area contributed by atoms with Gasteiger partial charge in [0.2, 0.25) is 0 Å². The average molecular weight is 668 g/mol. The third-order valence-electron chi connectivity index (χ3n) is 11.1. The maximum atomic E-state index is 5.10. The first-order valence-corrected chi connectivity index (χ1v) is 18.2. The number of aromatic nitrogens is 2. The first-order chi connectivity index (χ1) is 25.5. The van der Waals surface area contributed by atoms with Gasteiger partial charge in [-0.2, -0.15) is 0 Å². The van der Waals surface area contributed by atoms with Crippen LogP contribution in [-0.4, -0.2) is 9.97 Å². The Kier molecular flexibility index (Phi) is 6.97. The molecule has 2 heterocycles. The Morgan fingerprint density at radius 2 is 1.00 bits per heavy atom. The van der Waals surface area contributed by atoms with Gasteiger partial charge in [0.1, 0.15) is 0 Å². The van der Waals surface area contributed by atoms with Gasteiger partial charge in [0.05, 0.1) is 22.8 Å². The summed E-state index contributed by atoms with van der Waals surface area (Å²) in [6, 6.07) is 59.3. The molecule has 0 N–H and O–H groups in total. The number of fused-ring (bicyclic) bond motifs is 5. The molecule has 0 radical (unpaired) electrons. The second-order valence-corrected chi connectivity index (χ2v) is 14.7. The molecule has 1 aliphatic carbocycles. The maximum absolute atomic E-state index is 5.10. The normalized spacial score (nSPS) is 13.9. The van der Waals surface area contributed by atoms with Gasteiger partial charge in [-0.25, -0.2) is 9.97 Å². The average Bonchev–Trinajstić information content (AvgIpc) is 3.20. The quantitative estimate of drug-likeness (QED) is 0.187. The first-order valence-electron chi connectivity index (χ1n) is 18.2. The number of nitrogens with zero attached hydrogens (tertiary/aromatic N) is 3. The van der Waals surface area contributed by atoms with Crippen LogP contribution in [0.4, 0.5) is 17.1 Å². The van der Waals surface area contributed by atoms with Crippen molar-refractivity contribution in [1.82, 2.24) is 9.97 Å². The van der Waals surface area contributed by atoms with Crippen LogP contribution in [0.5, 0.6) is 0 Å². The van der Waals surface area contributed by atoms with Crippen molar-refractivity contribution in [3.8, 4) is 33.9 Å². The number of hydrogen-bond acceptors (Lipinski definition) is 3. The molecule has 10 rings (SSSR count). The molecular formula is C49H37N3. The smallest absolute Gasteiger partial charge is 0.160 e. The minimum Gasteiger partial charge on any atom is -0.310 e. The Hall–Kier alpha value is -6.32. The fraction of sp³-hybridized carbons (Fsp3) is 0.102. The van der Waals surface area contributed by atoms with E-state index < -0.39 is 0 Å². The van der Waals surface area contributed by atoms with E-state index in [1.165, 1.54) is 61.2 Å². The molecule has 0 fully saturated rings. The summed E-state index contributed by atoms with van der Waals surface area (Å²) in [5.74, 6) is 0.742. The number of hydrogen-bond donors (Lipinski definition) is 0. The lowest BCUT2D eigenvalue weighted by Gasteiger charge is -2.42. The van der Waals surface area contributed by atoms with Crippen molar-refractivity contribution in [2.75, 3.05) is 4.90 Å². The van der Waals surface area contributed by atoms with Crippen molar-refractivity contribution in [3.05, 3.63) is 197 Å². The van der Waals surface area contributed by atoms with Crippen LogP contribution >= 0.6 is 0 Å². The Morgan fingerprint density at radius 3 is 1.69 bits per heavy atom. The maximum Gasteiger partial charge on any atom is 0.160 e. The SMILES string of the molecule is CC1(C)c2ccccc2N(c2ccc3cc4c(cc3c2)Cc2ccc(-c3cc(-c5ccccc5)nc(-c5ccccc5)n3)cc2C4)c2ccccc21. The van der Waals surface area contributed by atoms with Crippen molar-refractivity contribution >= 4 is 27.8 Å². The molecule has 248 valence electrons. The van der Waals surface area contributed by atoms with Crippen LogP contribution in [0.15, 0.2) is 164 Å². The summed E-state index contributed by atoms with van der Waals surface area (Å²) >= 11 is 0. The van der Waals surface area contributed by atoms with Crippen LogP contribution in [0, 0.1) is 0 Å². The minimum absolute atomic E-state index is 0.0747. The van der Waals surface area contributed by atoms with Crippen LogP contribution < -0.4 is 4.90 Å². The lowest BCUT2D eigenvalue weighted by atomic mass is 9.73. The topological polar surface area (TPSA) is 29.0 Å². The zero-order chi connectivity index (χ0) is 34.8. The molecule has 2 aliphatic rings. The van der Waals surface area contributed by atoms with E-state index in [2.05, 4.69) is 158 Å². The highest BCUT2D eigenvalue weighted by molar-refractivity contribution is 5.93. The van der Waals surface area contributed by atoms with Crippen molar-refractivity contribution in [2.24, 2.45) is 0 Å². The molecule has 3 nitrogen and oxygen atoms in total. The fourth-order valence-corrected chi connectivity index (χ4v) is 8.40. The highest BCUT2D eigenvalue weighted by Crippen LogP contribution is 2.52. The molecule has 8 aromatic rings. The van der Waals surface area contributed by atoms with E-state index in [-0.39, 0.29) is 5.41 Å². The molecule has 0 saturated carbocycles. The summed E-state index contributed by atoms with van der Waals surface area (Å²) in [6.45, 7) is 4.68. The van der Waals surface area contributed by atoms with Crippen LogP contribution in [0.25, 0.3) is 44.7 Å². The van der Waals surface area contributed by atoms with Gasteiger partial charge in [0.25, 0.3) is 0 Å². The van der Waals surface area contributed by atoms with E-state index in [0.717, 1.165) is 46.7 Å². The number of rotatable bonds is 4. The Morgan fingerprint density at radius 1 is 0.442 bits per heavy atom. The third-order valence-corrected chi connectivity index (χ3v) is 11.1. The van der Waals surface area contributed by atoms with Gasteiger partial charge < -0.3 is 4.90 Å². The molecule has 7 aromatic carbocycles. The molecule has 3 heteroatoms. The van der Waals surface area contributed by atoms with Crippen molar-refractivity contribution in [2.45, 2.75) is 32.1 Å². The minimum atomic E-state index is -0.0747. The van der Waals surface area contributed by atoms with E-state index >= 15 is 0 Å². The summed E-state index contributed by atoms with van der Waals surface area (Å²) in [7, 11) is 0. The summed E-state index contributed by atoms with van der Waals surface area (Å²) in [4.78, 5) is 12.5. The van der Waals surface area contributed by atoms with Crippen LogP contribution in [0.3, 0.4) is 0 Å². The standard InChI is InChI=1S/C49H37N3/c1-49(2)42-17-9-11-19-46(42)52(47-20-12-10-18-43(47)49)41-24-23-35-26-38-28-37-27-36(22-21-34(37)25-39(38)29-40(35)30-41)45-31-44(32-13-5-3-6-14-32)50-48(51-45)33-15-7-4-8-16-33/h3-24,26-27,29-31H,25,28H2,1-2H3. The molecular weight excluding hydrogens is 631 g/mol. The third kappa shape index (κ3) is 5.04. The Labute approximate surface area is 304 Å². The molecule has 0 saturated heterocycles. The van der Waals surface area contributed by atoms with Crippen molar-refractivity contribution in [3.63, 3.8) is 0 Å². The summed E-state index contributed by atoms with van der Waals surface area (Å²) in [6.07, 6.45) is 1.82. The molecule has 0 spiro atoms. The second kappa shape index (κ2) is 11.9. The zero-order valence-corrected chi connectivity index (χ0v) is 29.3. The molecule has 0 atom stereocenters. The fourth-order valence-electron chi connectivity index (χ4n) is 8.40. The summed E-state index contributed by atoms with van der Waals surface area (Å²) in [5.41, 5.74) is 17.0. The molecule has 52 heavy (non-hydrogen) atoms. The molecule has 1 aliphatic heterocycles. The monoisotopic (exact) mass is 667 g/mol. The van der Waals surface area contributed by atoms with Gasteiger partial charge in [0.15, 0.2) is 5.82 Å². The van der Waals surface area contributed by atoms with Crippen molar-refractivity contribution in [1.29, 1.82) is 0 Å². The largest absolute Gasteiger partial charge is 0.310 e. The van der Waals surface area contributed by atoms with Crippen LogP contribution in [0.1, 0.15) is 47.2 Å². The highest BCUT2D eigenvalue weighted by Gasteiger charge is 2.36. The predicted molar refractivity (Wildman–Crippen MR) is 215 cm³/mol. The Bertz CT molecular complexity index is 2550. The van der Waals surface area contributed by atoms with E-state index in [9.17, 15) is 0 Å². The molecule has 0 unspecified atom stereocenters. The van der Waals surface area contributed by atoms with Gasteiger partial charge >= 0.3 is 0 Å². The highest BCUT2D eigenvalue weighted by atomic mass is 15.2. The number of benzene rings is 7. The Balaban J connectivity index is 1.01. The molecule has 1 aromatic heterocycles. The van der Waals surface area contributed by atoms with Gasteiger partial charge in [-0.3, -0.25) is 0 Å². The van der Waals surface area contributed by atoms with Crippen LogP contribution in [0.2, 0.25) is 0 Å². The van der Waals surface area contributed by atoms with E-state index in [0.29, 0.717) is 0 Å². The second-order valence-electron chi connectivity index (χ2n) is 14.7. The number of para-hydroxylation sites is 2. The predicted octanol–water partition coefficient (Wildman–Crippen LogP) is 12.2. The van der Waals surface area contributed by atoms with Crippen molar-refractivity contribution < 1.29 is 0 Å². The van der Waals surface area contributed by atoms with Crippen LogP contribution in [-0.2, 0) is 18.3 Å². The van der Waals surface area contributed by atoms with E-state index in [1.807, 2.05) is 24.3 Å². The summed E-state index contributed by atoms with van der Waals surface area (Å²) in [5, 5.41) is 2.55. The lowest BCUT2D eigenvalue weighted by molar-refractivity contribution is 0.632. The van der Waals surface area contributed by atoms with Gasteiger partial charge in [-0.15, -0.1) is 0 Å². The summed E-state index contributed by atoms with van der Waals surface area (Å²) < 4.78 is 0. The number of anilines is 3. The molecule has 0 amide bonds. The van der Waals surface area contributed by atoms with E-state index in [1.54, 1.807) is 0 Å². The van der Waals surface area contributed by atoms with Gasteiger partial charge in [0, 0.05) is 27.8 Å². The zero-order valence-electron chi connectivity index (χ0n) is 29.3. The van der Waals surface area contributed by atoms with Gasteiger partial charge in [-0.1, -0.05) is 141 Å². The van der Waals surface area contributed by atoms with Gasteiger partial charge in [-0.05, 0) is 93.4 Å². The first kappa shape index (κ1) is 30.5. The molecule has 0 bridgehead atoms. The van der Waals surface area contributed by atoms with E-state index in [4.69, 9.17) is 9.97 Å².